The van der Waals surface area contributed by atoms with Gasteiger partial charge in [-0.3, -0.25) is 0 Å². The Labute approximate surface area is 334 Å². The number of furan rings is 1. The molecule has 0 saturated carbocycles. The lowest BCUT2D eigenvalue weighted by molar-refractivity contribution is 0.660. The smallest absolute Gasteiger partial charge is 0.136 e. The zero-order chi connectivity index (χ0) is 38.1. The van der Waals surface area contributed by atoms with Gasteiger partial charge in [0.2, 0.25) is 0 Å². The van der Waals surface area contributed by atoms with Crippen molar-refractivity contribution in [3.05, 3.63) is 221 Å². The molecule has 1 aromatic heterocycles. The van der Waals surface area contributed by atoms with E-state index in [1.54, 1.807) is 0 Å². The van der Waals surface area contributed by atoms with Crippen molar-refractivity contribution in [3.63, 3.8) is 0 Å². The molecule has 0 amide bonds. The largest absolute Gasteiger partial charge is 0.456 e. The lowest BCUT2D eigenvalue weighted by Gasteiger charge is -2.29. The number of rotatable bonds is 6. The average molecular weight is 732 g/mol. The lowest BCUT2D eigenvalue weighted by Crippen LogP contribution is -2.16. The number of hydrogen-bond acceptors (Lipinski definition) is 2. The number of anilines is 3. The Kier molecular flexibility index (Phi) is 7.69. The van der Waals surface area contributed by atoms with E-state index in [-0.39, 0.29) is 5.41 Å². The molecule has 0 fully saturated rings. The summed E-state index contributed by atoms with van der Waals surface area (Å²) in [7, 11) is 0. The molecule has 0 bridgehead atoms. The van der Waals surface area contributed by atoms with E-state index in [2.05, 4.69) is 201 Å². The topological polar surface area (TPSA) is 16.4 Å². The summed E-state index contributed by atoms with van der Waals surface area (Å²) in [5.74, 6) is 0. The van der Waals surface area contributed by atoms with E-state index in [9.17, 15) is 0 Å². The van der Waals surface area contributed by atoms with Crippen LogP contribution in [0.3, 0.4) is 0 Å². The number of para-hydroxylation sites is 1. The highest BCUT2D eigenvalue weighted by Gasteiger charge is 2.35. The van der Waals surface area contributed by atoms with Crippen LogP contribution in [0, 0.1) is 0 Å². The van der Waals surface area contributed by atoms with Crippen molar-refractivity contribution in [2.75, 3.05) is 4.90 Å². The first-order valence-corrected chi connectivity index (χ1v) is 20.0. The monoisotopic (exact) mass is 731 g/mol. The van der Waals surface area contributed by atoms with Gasteiger partial charge in [0.15, 0.2) is 0 Å². The Morgan fingerprint density at radius 1 is 0.421 bits per heavy atom. The van der Waals surface area contributed by atoms with E-state index in [4.69, 9.17) is 4.42 Å². The van der Waals surface area contributed by atoms with Gasteiger partial charge >= 0.3 is 0 Å². The standard InChI is InChI=1S/C55H41NO/c1-55(2)50-18-10-8-16-46(50)47-33-30-43(35-51(47)55)56(41-26-20-37(21-27-41)36-12-4-3-5-13-36)42-28-22-39(23-29-42)45-31-24-38-14-6-7-15-44(38)54(45)40-25-32-49-48-17-9-11-19-52(48)57-53(49)34-40/h3-23,25-30,32-35H,24,31H2,1-2H3. The van der Waals surface area contributed by atoms with Crippen LogP contribution in [0.15, 0.2) is 192 Å². The third kappa shape index (κ3) is 5.47. The van der Waals surface area contributed by atoms with Crippen molar-refractivity contribution >= 4 is 50.1 Å². The molecule has 0 saturated heterocycles. The third-order valence-electron chi connectivity index (χ3n) is 12.4. The van der Waals surface area contributed by atoms with E-state index >= 15 is 0 Å². The highest BCUT2D eigenvalue weighted by Crippen LogP contribution is 2.51. The minimum absolute atomic E-state index is 0.0971. The lowest BCUT2D eigenvalue weighted by atomic mass is 9.79. The molecule has 0 N–H and O–H groups in total. The Morgan fingerprint density at radius 2 is 1.02 bits per heavy atom. The minimum atomic E-state index is -0.0971. The summed E-state index contributed by atoms with van der Waals surface area (Å²) < 4.78 is 6.40. The predicted molar refractivity (Wildman–Crippen MR) is 239 cm³/mol. The maximum absolute atomic E-state index is 6.40. The Balaban J connectivity index is 1.04. The van der Waals surface area contributed by atoms with Crippen LogP contribution < -0.4 is 4.90 Å². The fraction of sp³-hybridized carbons (Fsp3) is 0.0909. The van der Waals surface area contributed by atoms with Crippen LogP contribution in [0.1, 0.15) is 53.6 Å². The second-order valence-corrected chi connectivity index (χ2v) is 16.0. The molecule has 2 aliphatic carbocycles. The summed E-state index contributed by atoms with van der Waals surface area (Å²) >= 11 is 0. The van der Waals surface area contributed by atoms with E-state index in [1.165, 1.54) is 66.8 Å². The molecule has 11 rings (SSSR count). The van der Waals surface area contributed by atoms with Crippen LogP contribution in [-0.4, -0.2) is 0 Å². The summed E-state index contributed by atoms with van der Waals surface area (Å²) in [5.41, 5.74) is 20.8. The number of allylic oxidation sites excluding steroid dienone is 1. The molecule has 57 heavy (non-hydrogen) atoms. The highest BCUT2D eigenvalue weighted by atomic mass is 16.3. The van der Waals surface area contributed by atoms with Crippen LogP contribution in [0.4, 0.5) is 17.1 Å². The number of aryl methyl sites for hydroxylation is 1. The van der Waals surface area contributed by atoms with Gasteiger partial charge in [-0.05, 0) is 134 Å². The minimum Gasteiger partial charge on any atom is -0.456 e. The van der Waals surface area contributed by atoms with E-state index in [1.807, 2.05) is 6.07 Å². The van der Waals surface area contributed by atoms with Gasteiger partial charge in [-0.15, -0.1) is 0 Å². The van der Waals surface area contributed by atoms with Crippen LogP contribution in [0.25, 0.3) is 55.3 Å². The fourth-order valence-electron chi connectivity index (χ4n) is 9.55. The van der Waals surface area contributed by atoms with Gasteiger partial charge in [-0.1, -0.05) is 147 Å². The number of hydrogen-bond donors (Lipinski definition) is 0. The van der Waals surface area contributed by atoms with Crippen LogP contribution in [0.2, 0.25) is 0 Å². The van der Waals surface area contributed by atoms with Gasteiger partial charge in [-0.2, -0.15) is 0 Å². The van der Waals surface area contributed by atoms with Crippen LogP contribution in [-0.2, 0) is 11.8 Å². The second kappa shape index (κ2) is 13.1. The summed E-state index contributed by atoms with van der Waals surface area (Å²) in [6.45, 7) is 4.71. The Morgan fingerprint density at radius 3 is 1.82 bits per heavy atom. The van der Waals surface area contributed by atoms with E-state index < -0.39 is 0 Å². The summed E-state index contributed by atoms with van der Waals surface area (Å²) in [6.07, 6.45) is 1.98. The molecular weight excluding hydrogens is 691 g/mol. The van der Waals surface area contributed by atoms with Crippen LogP contribution >= 0.6 is 0 Å². The SMILES string of the molecule is CC1(C)c2ccccc2-c2ccc(N(c3ccc(C4=C(c5ccc6c(c5)oc5ccccc56)c5ccccc5CC4)cc3)c3ccc(-c4ccccc4)cc3)cc21. The van der Waals surface area contributed by atoms with Crippen molar-refractivity contribution in [2.45, 2.75) is 32.1 Å². The van der Waals surface area contributed by atoms with E-state index in [0.717, 1.165) is 51.8 Å². The quantitative estimate of drug-likeness (QED) is 0.169. The molecule has 0 radical (unpaired) electrons. The number of benzene rings is 8. The first kappa shape index (κ1) is 33.4. The molecule has 1 heterocycles. The Bertz CT molecular complexity index is 3020. The zero-order valence-corrected chi connectivity index (χ0v) is 32.2. The van der Waals surface area contributed by atoms with Gasteiger partial charge in [-0.25, -0.2) is 0 Å². The number of fused-ring (bicyclic) bond motifs is 7. The molecule has 0 spiro atoms. The van der Waals surface area contributed by atoms with Gasteiger partial charge in [0.05, 0.1) is 0 Å². The second-order valence-electron chi connectivity index (χ2n) is 16.0. The Hall–Kier alpha value is -6.90. The van der Waals surface area contributed by atoms with E-state index in [0.29, 0.717) is 0 Å². The van der Waals surface area contributed by atoms with Gasteiger partial charge in [0.25, 0.3) is 0 Å². The molecule has 0 atom stereocenters. The molecule has 9 aromatic rings. The summed E-state index contributed by atoms with van der Waals surface area (Å²) in [4.78, 5) is 2.42. The average Bonchev–Trinajstić information content (AvgIpc) is 3.75. The molecular formula is C55H41NO. The molecule has 2 heteroatoms. The first-order chi connectivity index (χ1) is 28.0. The van der Waals surface area contributed by atoms with Crippen molar-refractivity contribution in [3.8, 4) is 22.3 Å². The van der Waals surface area contributed by atoms with Crippen molar-refractivity contribution in [1.29, 1.82) is 0 Å². The molecule has 0 aliphatic heterocycles. The van der Waals surface area contributed by atoms with Gasteiger partial charge in [0, 0.05) is 33.2 Å². The molecule has 2 nitrogen and oxygen atoms in total. The highest BCUT2D eigenvalue weighted by molar-refractivity contribution is 6.08. The van der Waals surface area contributed by atoms with Gasteiger partial charge < -0.3 is 9.32 Å². The maximum Gasteiger partial charge on any atom is 0.136 e. The van der Waals surface area contributed by atoms with Gasteiger partial charge in [0.1, 0.15) is 11.2 Å². The zero-order valence-electron chi connectivity index (χ0n) is 32.2. The molecule has 2 aliphatic rings. The molecule has 8 aromatic carbocycles. The van der Waals surface area contributed by atoms with Crippen molar-refractivity contribution in [1.82, 2.24) is 0 Å². The fourth-order valence-corrected chi connectivity index (χ4v) is 9.55. The number of nitrogens with zero attached hydrogens (tertiary/aromatic N) is 1. The van der Waals surface area contributed by atoms with Crippen molar-refractivity contribution < 1.29 is 4.42 Å². The summed E-state index contributed by atoms with van der Waals surface area (Å²) in [6, 6.07) is 68.8. The molecule has 272 valence electrons. The first-order valence-electron chi connectivity index (χ1n) is 20.0. The van der Waals surface area contributed by atoms with Crippen LogP contribution in [0.5, 0.6) is 0 Å². The van der Waals surface area contributed by atoms with Crippen molar-refractivity contribution in [2.24, 2.45) is 0 Å². The normalized spacial score (nSPS) is 14.1. The maximum atomic E-state index is 6.40. The molecule has 0 unspecified atom stereocenters. The third-order valence-corrected chi connectivity index (χ3v) is 12.4. The summed E-state index contributed by atoms with van der Waals surface area (Å²) in [5, 5.41) is 2.31. The predicted octanol–water partition coefficient (Wildman–Crippen LogP) is 14.9.